The molecule has 0 aromatic heterocycles. The SMILES string of the molecule is CCC(C[N+](=O)[O-])C(C#N)C(F)F. The molecule has 6 heteroatoms. The van der Waals surface area contributed by atoms with Gasteiger partial charge < -0.3 is 0 Å². The van der Waals surface area contributed by atoms with Crippen LogP contribution in [0.25, 0.3) is 0 Å². The van der Waals surface area contributed by atoms with Gasteiger partial charge >= 0.3 is 0 Å². The lowest BCUT2D eigenvalue weighted by Gasteiger charge is -2.15. The summed E-state index contributed by atoms with van der Waals surface area (Å²) < 4.78 is 24.3. The largest absolute Gasteiger partial charge is 0.265 e. The molecule has 0 bridgehead atoms. The van der Waals surface area contributed by atoms with Crippen molar-refractivity contribution < 1.29 is 13.7 Å². The smallest absolute Gasteiger partial charge is 0.254 e. The summed E-state index contributed by atoms with van der Waals surface area (Å²) in [6, 6.07) is 1.40. The van der Waals surface area contributed by atoms with Crippen molar-refractivity contribution in [3.8, 4) is 6.07 Å². The highest BCUT2D eigenvalue weighted by atomic mass is 19.3. The van der Waals surface area contributed by atoms with Gasteiger partial charge in [-0.2, -0.15) is 5.26 Å². The van der Waals surface area contributed by atoms with E-state index in [9.17, 15) is 18.9 Å². The van der Waals surface area contributed by atoms with Crippen molar-refractivity contribution >= 4 is 0 Å². The van der Waals surface area contributed by atoms with Gasteiger partial charge in [-0.05, 0) is 6.42 Å². The van der Waals surface area contributed by atoms with Gasteiger partial charge in [0.15, 0.2) is 0 Å². The number of hydrogen-bond donors (Lipinski definition) is 0. The lowest BCUT2D eigenvalue weighted by molar-refractivity contribution is -0.490. The molecule has 13 heavy (non-hydrogen) atoms. The van der Waals surface area contributed by atoms with Crippen LogP contribution in [0, 0.1) is 33.3 Å². The lowest BCUT2D eigenvalue weighted by Crippen LogP contribution is -2.26. The van der Waals surface area contributed by atoms with Crippen molar-refractivity contribution in [1.82, 2.24) is 0 Å². The maximum absolute atomic E-state index is 12.1. The first-order valence-corrected chi connectivity index (χ1v) is 3.82. The van der Waals surface area contributed by atoms with Crippen LogP contribution in [-0.2, 0) is 0 Å². The Hall–Kier alpha value is -1.25. The van der Waals surface area contributed by atoms with Crippen molar-refractivity contribution in [2.24, 2.45) is 11.8 Å². The van der Waals surface area contributed by atoms with Crippen LogP contribution in [0.2, 0.25) is 0 Å². The summed E-state index contributed by atoms with van der Waals surface area (Å²) in [5.41, 5.74) is 0. The Balaban J connectivity index is 4.36. The Morgan fingerprint density at radius 2 is 2.15 bits per heavy atom. The van der Waals surface area contributed by atoms with E-state index >= 15 is 0 Å². The fourth-order valence-electron chi connectivity index (χ4n) is 1.06. The lowest BCUT2D eigenvalue weighted by atomic mass is 9.91. The van der Waals surface area contributed by atoms with Gasteiger partial charge in [0.1, 0.15) is 5.92 Å². The van der Waals surface area contributed by atoms with E-state index < -0.39 is 29.7 Å². The molecule has 0 aliphatic rings. The number of rotatable bonds is 5. The third kappa shape index (κ3) is 3.78. The molecule has 2 atom stereocenters. The second-order valence-corrected chi connectivity index (χ2v) is 2.67. The topological polar surface area (TPSA) is 66.9 Å². The highest BCUT2D eigenvalue weighted by Crippen LogP contribution is 2.22. The average Bonchev–Trinajstić information content (AvgIpc) is 2.02. The highest BCUT2D eigenvalue weighted by Gasteiger charge is 2.31. The summed E-state index contributed by atoms with van der Waals surface area (Å²) in [6.07, 6.45) is -2.60. The molecule has 0 fully saturated rings. The molecule has 0 aromatic rings. The van der Waals surface area contributed by atoms with Crippen LogP contribution < -0.4 is 0 Å². The summed E-state index contributed by atoms with van der Waals surface area (Å²) in [7, 11) is 0. The third-order valence-electron chi connectivity index (χ3n) is 1.84. The maximum atomic E-state index is 12.1. The van der Waals surface area contributed by atoms with E-state index in [1.165, 1.54) is 6.07 Å². The molecule has 0 heterocycles. The molecule has 0 amide bonds. The number of halogens is 2. The van der Waals surface area contributed by atoms with Gasteiger partial charge in [-0.15, -0.1) is 0 Å². The van der Waals surface area contributed by atoms with Gasteiger partial charge in [0, 0.05) is 10.8 Å². The molecule has 0 saturated carbocycles. The summed E-state index contributed by atoms with van der Waals surface area (Å²) >= 11 is 0. The first-order valence-electron chi connectivity index (χ1n) is 3.82. The van der Waals surface area contributed by atoms with Crippen molar-refractivity contribution in [2.75, 3.05) is 6.54 Å². The van der Waals surface area contributed by atoms with Crippen LogP contribution in [0.1, 0.15) is 13.3 Å². The zero-order valence-electron chi connectivity index (χ0n) is 7.11. The van der Waals surface area contributed by atoms with Crippen LogP contribution >= 0.6 is 0 Å². The minimum Gasteiger partial charge on any atom is -0.265 e. The number of nitrogens with zero attached hydrogens (tertiary/aromatic N) is 2. The molecule has 0 spiro atoms. The molecule has 0 saturated heterocycles. The molecule has 0 aliphatic carbocycles. The van der Waals surface area contributed by atoms with E-state index in [4.69, 9.17) is 5.26 Å². The normalized spacial score (nSPS) is 15.0. The van der Waals surface area contributed by atoms with Gasteiger partial charge in [-0.25, -0.2) is 8.78 Å². The van der Waals surface area contributed by atoms with E-state index in [1.54, 1.807) is 6.92 Å². The minimum absolute atomic E-state index is 0.212. The second-order valence-electron chi connectivity index (χ2n) is 2.67. The molecule has 0 aromatic carbocycles. The minimum atomic E-state index is -2.81. The van der Waals surface area contributed by atoms with Gasteiger partial charge in [-0.3, -0.25) is 10.1 Å². The fraction of sp³-hybridized carbons (Fsp3) is 0.857. The van der Waals surface area contributed by atoms with E-state index in [2.05, 4.69) is 0 Å². The first-order chi connectivity index (χ1) is 6.02. The third-order valence-corrected chi connectivity index (χ3v) is 1.84. The van der Waals surface area contributed by atoms with Gasteiger partial charge in [0.25, 0.3) is 6.43 Å². The number of nitriles is 1. The summed E-state index contributed by atoms with van der Waals surface area (Å²) in [5, 5.41) is 18.4. The van der Waals surface area contributed by atoms with E-state index in [1.807, 2.05) is 0 Å². The van der Waals surface area contributed by atoms with Crippen molar-refractivity contribution in [1.29, 1.82) is 5.26 Å². The number of alkyl halides is 2. The molecule has 0 rings (SSSR count). The zero-order chi connectivity index (χ0) is 10.4. The summed E-state index contributed by atoms with van der Waals surface area (Å²) in [5.74, 6) is -2.39. The van der Waals surface area contributed by atoms with Crippen LogP contribution in [0.3, 0.4) is 0 Å². The molecule has 2 unspecified atom stereocenters. The Labute approximate surface area is 74.3 Å². The molecule has 0 aliphatic heterocycles. The van der Waals surface area contributed by atoms with E-state index in [0.717, 1.165) is 0 Å². The molecular weight excluding hydrogens is 182 g/mol. The number of nitro groups is 1. The van der Waals surface area contributed by atoms with E-state index in [0.29, 0.717) is 0 Å². The van der Waals surface area contributed by atoms with Gasteiger partial charge in [-0.1, -0.05) is 6.92 Å². The van der Waals surface area contributed by atoms with Crippen LogP contribution in [-0.4, -0.2) is 17.9 Å². The van der Waals surface area contributed by atoms with Crippen molar-refractivity contribution in [3.63, 3.8) is 0 Å². The quantitative estimate of drug-likeness (QED) is 0.491. The first kappa shape index (κ1) is 11.8. The predicted octanol–water partition coefficient (Wildman–Crippen LogP) is 1.69. The van der Waals surface area contributed by atoms with Crippen LogP contribution in [0.4, 0.5) is 8.78 Å². The Kier molecular flexibility index (Phi) is 4.89. The molecule has 0 N–H and O–H groups in total. The Morgan fingerprint density at radius 1 is 1.62 bits per heavy atom. The van der Waals surface area contributed by atoms with Crippen molar-refractivity contribution in [2.45, 2.75) is 19.8 Å². The summed E-state index contributed by atoms with van der Waals surface area (Å²) in [4.78, 5) is 9.40. The fourth-order valence-corrected chi connectivity index (χ4v) is 1.06. The summed E-state index contributed by atoms with van der Waals surface area (Å²) in [6.45, 7) is 0.986. The Bertz CT molecular complexity index is 215. The highest BCUT2D eigenvalue weighted by molar-refractivity contribution is 4.89. The van der Waals surface area contributed by atoms with Gasteiger partial charge in [0.2, 0.25) is 6.54 Å². The molecule has 0 radical (unpaired) electrons. The van der Waals surface area contributed by atoms with Crippen molar-refractivity contribution in [3.05, 3.63) is 10.1 Å². The Morgan fingerprint density at radius 3 is 2.38 bits per heavy atom. The maximum Gasteiger partial charge on any atom is 0.254 e. The monoisotopic (exact) mass is 192 g/mol. The average molecular weight is 192 g/mol. The molecular formula is C7H10F2N2O2. The predicted molar refractivity (Wildman–Crippen MR) is 40.7 cm³/mol. The zero-order valence-corrected chi connectivity index (χ0v) is 7.11. The van der Waals surface area contributed by atoms with Crippen LogP contribution in [0.5, 0.6) is 0 Å². The number of hydrogen-bond acceptors (Lipinski definition) is 3. The van der Waals surface area contributed by atoms with E-state index in [-0.39, 0.29) is 6.42 Å². The standard InChI is InChI=1S/C7H10F2N2O2/c1-2-5(4-11(12)13)6(3-10)7(8)9/h5-7H,2,4H2,1H3. The second kappa shape index (κ2) is 5.41. The molecule has 4 nitrogen and oxygen atoms in total. The van der Waals surface area contributed by atoms with Crippen LogP contribution in [0.15, 0.2) is 0 Å². The van der Waals surface area contributed by atoms with Gasteiger partial charge in [0.05, 0.1) is 6.07 Å². The molecule has 74 valence electrons.